The molecule has 1 amide bonds. The highest BCUT2D eigenvalue weighted by Gasteiger charge is 2.27. The maximum absolute atomic E-state index is 12.7. The van der Waals surface area contributed by atoms with Gasteiger partial charge in [-0.15, -0.1) is 0 Å². The molecule has 0 unspecified atom stereocenters. The Morgan fingerprint density at radius 1 is 1.32 bits per heavy atom. The van der Waals surface area contributed by atoms with Crippen molar-refractivity contribution in [3.63, 3.8) is 0 Å². The zero-order chi connectivity index (χ0) is 17.1. The van der Waals surface area contributed by atoms with Crippen LogP contribution in [0.5, 0.6) is 5.75 Å². The molecule has 0 aliphatic carbocycles. The van der Waals surface area contributed by atoms with Gasteiger partial charge in [0, 0.05) is 13.1 Å². The normalized spacial score (nSPS) is 13.4. The fourth-order valence-electron chi connectivity index (χ4n) is 2.27. The van der Waals surface area contributed by atoms with Crippen molar-refractivity contribution in [2.45, 2.75) is 38.1 Å². The van der Waals surface area contributed by atoms with Crippen LogP contribution in [0, 0.1) is 5.92 Å². The Kier molecular flexibility index (Phi) is 5.96. The van der Waals surface area contributed by atoms with Gasteiger partial charge in [-0.3, -0.25) is 4.79 Å². The van der Waals surface area contributed by atoms with E-state index < -0.39 is 15.9 Å². The third kappa shape index (κ3) is 3.98. The van der Waals surface area contributed by atoms with E-state index >= 15 is 0 Å². The van der Waals surface area contributed by atoms with Crippen molar-refractivity contribution < 1.29 is 17.9 Å². The summed E-state index contributed by atoms with van der Waals surface area (Å²) in [6, 6.07) is 3.96. The minimum Gasteiger partial charge on any atom is -0.496 e. The fourth-order valence-corrected chi connectivity index (χ4v) is 3.67. The summed E-state index contributed by atoms with van der Waals surface area (Å²) in [4.78, 5) is 11.5. The summed E-state index contributed by atoms with van der Waals surface area (Å²) in [5, 5.41) is 0. The molecule has 2 N–H and O–H groups in total. The van der Waals surface area contributed by atoms with E-state index in [1.54, 1.807) is 0 Å². The van der Waals surface area contributed by atoms with Crippen molar-refractivity contribution in [1.29, 1.82) is 0 Å². The molecule has 0 heterocycles. The van der Waals surface area contributed by atoms with E-state index in [9.17, 15) is 13.2 Å². The van der Waals surface area contributed by atoms with Gasteiger partial charge >= 0.3 is 0 Å². The number of methoxy groups -OCH3 is 1. The first-order valence-electron chi connectivity index (χ1n) is 7.07. The number of amides is 1. The predicted molar refractivity (Wildman–Crippen MR) is 85.4 cm³/mol. The van der Waals surface area contributed by atoms with E-state index in [0.717, 1.165) is 6.42 Å². The van der Waals surface area contributed by atoms with Crippen LogP contribution in [-0.4, -0.2) is 38.8 Å². The molecule has 1 aromatic carbocycles. The highest BCUT2D eigenvalue weighted by Crippen LogP contribution is 2.25. The molecular weight excluding hydrogens is 304 g/mol. The topological polar surface area (TPSA) is 89.7 Å². The van der Waals surface area contributed by atoms with E-state index in [-0.39, 0.29) is 22.3 Å². The van der Waals surface area contributed by atoms with Crippen LogP contribution in [0.15, 0.2) is 23.1 Å². The number of primary amides is 1. The number of carbonyl (C=O) groups is 1. The molecular formula is C15H24N2O4S. The molecule has 0 aliphatic heterocycles. The van der Waals surface area contributed by atoms with Gasteiger partial charge in [-0.25, -0.2) is 8.42 Å². The summed E-state index contributed by atoms with van der Waals surface area (Å²) in [6.07, 6.45) is 0.745. The largest absolute Gasteiger partial charge is 0.496 e. The summed E-state index contributed by atoms with van der Waals surface area (Å²) < 4.78 is 31.7. The predicted octanol–water partition coefficient (Wildman–Crippen LogP) is 1.85. The van der Waals surface area contributed by atoms with Gasteiger partial charge in [0.15, 0.2) is 0 Å². The first-order valence-corrected chi connectivity index (χ1v) is 8.51. The van der Waals surface area contributed by atoms with Gasteiger partial charge in [-0.1, -0.05) is 13.8 Å². The van der Waals surface area contributed by atoms with Gasteiger partial charge in [0.25, 0.3) is 5.91 Å². The van der Waals surface area contributed by atoms with Gasteiger partial charge in [0.05, 0.1) is 17.6 Å². The van der Waals surface area contributed by atoms with E-state index in [4.69, 9.17) is 10.5 Å². The minimum atomic E-state index is -3.69. The van der Waals surface area contributed by atoms with Crippen molar-refractivity contribution in [3.05, 3.63) is 23.8 Å². The molecule has 0 bridgehead atoms. The first-order chi connectivity index (χ1) is 10.1. The maximum Gasteiger partial charge on any atom is 0.252 e. The van der Waals surface area contributed by atoms with Crippen LogP contribution >= 0.6 is 0 Å². The molecule has 6 nitrogen and oxygen atoms in total. The van der Waals surface area contributed by atoms with Crippen molar-refractivity contribution >= 4 is 15.9 Å². The van der Waals surface area contributed by atoms with Crippen LogP contribution in [0.2, 0.25) is 0 Å². The van der Waals surface area contributed by atoms with Crippen LogP contribution < -0.4 is 10.5 Å². The lowest BCUT2D eigenvalue weighted by Gasteiger charge is -2.26. The van der Waals surface area contributed by atoms with Gasteiger partial charge in [0.2, 0.25) is 10.0 Å². The number of ether oxygens (including phenoxy) is 1. The summed E-state index contributed by atoms with van der Waals surface area (Å²) in [5.41, 5.74) is 5.33. The lowest BCUT2D eigenvalue weighted by molar-refractivity contribution is 0.0997. The molecule has 1 atom stereocenters. The minimum absolute atomic E-state index is 0.0280. The summed E-state index contributed by atoms with van der Waals surface area (Å²) in [6.45, 7) is 5.93. The number of hydrogen-bond donors (Lipinski definition) is 1. The zero-order valence-corrected chi connectivity index (χ0v) is 14.5. The van der Waals surface area contributed by atoms with Crippen LogP contribution in [0.1, 0.15) is 37.6 Å². The summed E-state index contributed by atoms with van der Waals surface area (Å²) in [7, 11) is -0.761. The van der Waals surface area contributed by atoms with Gasteiger partial charge in [0.1, 0.15) is 5.75 Å². The van der Waals surface area contributed by atoms with Gasteiger partial charge in [-0.05, 0) is 37.5 Å². The number of carbonyl (C=O) groups excluding carboxylic acids is 1. The Morgan fingerprint density at radius 2 is 1.91 bits per heavy atom. The molecule has 0 saturated heterocycles. The lowest BCUT2D eigenvalue weighted by atomic mass is 10.1. The maximum atomic E-state index is 12.7. The highest BCUT2D eigenvalue weighted by atomic mass is 32.2. The molecule has 124 valence electrons. The van der Waals surface area contributed by atoms with Crippen molar-refractivity contribution in [3.8, 4) is 5.75 Å². The van der Waals surface area contributed by atoms with Crippen molar-refractivity contribution in [1.82, 2.24) is 4.31 Å². The summed E-state index contributed by atoms with van der Waals surface area (Å²) in [5.74, 6) is -0.0965. The smallest absolute Gasteiger partial charge is 0.252 e. The molecule has 0 fully saturated rings. The Balaban J connectivity index is 3.23. The van der Waals surface area contributed by atoms with E-state index in [0.29, 0.717) is 5.92 Å². The fraction of sp³-hybridized carbons (Fsp3) is 0.533. The Morgan fingerprint density at radius 3 is 2.36 bits per heavy atom. The third-order valence-electron chi connectivity index (χ3n) is 3.55. The Hall–Kier alpha value is -1.60. The molecule has 1 rings (SSSR count). The summed E-state index contributed by atoms with van der Waals surface area (Å²) >= 11 is 0. The standard InChI is InChI=1S/C15H24N2O4S/c1-10(2)8-11(3)17(4)22(19,20)12-6-7-14(21-5)13(9-12)15(16)18/h6-7,9-11H,8H2,1-5H3,(H2,16,18)/t11-/m0/s1. The molecule has 7 heteroatoms. The van der Waals surface area contributed by atoms with Crippen LogP contribution in [-0.2, 0) is 10.0 Å². The number of benzene rings is 1. The third-order valence-corrected chi connectivity index (χ3v) is 5.51. The van der Waals surface area contributed by atoms with E-state index in [1.807, 2.05) is 20.8 Å². The van der Waals surface area contributed by atoms with Crippen LogP contribution in [0.3, 0.4) is 0 Å². The molecule has 0 saturated carbocycles. The van der Waals surface area contributed by atoms with E-state index in [1.165, 1.54) is 36.7 Å². The second-order valence-electron chi connectivity index (χ2n) is 5.73. The van der Waals surface area contributed by atoms with E-state index in [2.05, 4.69) is 0 Å². The van der Waals surface area contributed by atoms with Gasteiger partial charge in [-0.2, -0.15) is 4.31 Å². The molecule has 1 aromatic rings. The number of nitrogens with two attached hydrogens (primary N) is 1. The molecule has 22 heavy (non-hydrogen) atoms. The van der Waals surface area contributed by atoms with Crippen molar-refractivity contribution in [2.24, 2.45) is 11.7 Å². The molecule has 0 spiro atoms. The van der Waals surface area contributed by atoms with Gasteiger partial charge < -0.3 is 10.5 Å². The second-order valence-corrected chi connectivity index (χ2v) is 7.72. The van der Waals surface area contributed by atoms with Crippen molar-refractivity contribution in [2.75, 3.05) is 14.2 Å². The number of hydrogen-bond acceptors (Lipinski definition) is 4. The van der Waals surface area contributed by atoms with Crippen LogP contribution in [0.4, 0.5) is 0 Å². The average Bonchev–Trinajstić information content (AvgIpc) is 2.44. The number of nitrogens with zero attached hydrogens (tertiary/aromatic N) is 1. The molecule has 0 radical (unpaired) electrons. The monoisotopic (exact) mass is 328 g/mol. The number of sulfonamides is 1. The highest BCUT2D eigenvalue weighted by molar-refractivity contribution is 7.89. The Bertz CT molecular complexity index is 641. The number of rotatable bonds is 7. The SMILES string of the molecule is COc1ccc(S(=O)(=O)N(C)[C@@H](C)CC(C)C)cc1C(N)=O. The quantitative estimate of drug-likeness (QED) is 0.827. The Labute approximate surface area is 132 Å². The second kappa shape index (κ2) is 7.11. The molecule has 0 aliphatic rings. The lowest BCUT2D eigenvalue weighted by Crippen LogP contribution is -2.36. The molecule has 0 aromatic heterocycles. The average molecular weight is 328 g/mol. The first kappa shape index (κ1) is 18.4. The van der Waals surface area contributed by atoms with Crippen LogP contribution in [0.25, 0.3) is 0 Å². The zero-order valence-electron chi connectivity index (χ0n) is 13.7.